The number of ether oxygens (including phenoxy) is 2. The Labute approximate surface area is 121 Å². The SMILES string of the molecule is CC1CC(OC(=O)c2cc(S(=O)(=O)Cl)c[nH]2)CC(C)O1. The molecule has 0 bridgehead atoms. The zero-order valence-corrected chi connectivity index (χ0v) is 12.7. The molecule has 2 unspecified atom stereocenters. The van der Waals surface area contributed by atoms with Crippen LogP contribution in [-0.2, 0) is 18.5 Å². The van der Waals surface area contributed by atoms with Gasteiger partial charge in [0.1, 0.15) is 16.7 Å². The predicted molar refractivity (Wildman–Crippen MR) is 72.3 cm³/mol. The van der Waals surface area contributed by atoms with Crippen LogP contribution in [0.15, 0.2) is 17.2 Å². The molecule has 2 heterocycles. The van der Waals surface area contributed by atoms with E-state index in [1.165, 1.54) is 0 Å². The third-order valence-corrected chi connectivity index (χ3v) is 4.42. The van der Waals surface area contributed by atoms with E-state index < -0.39 is 15.0 Å². The molecule has 20 heavy (non-hydrogen) atoms. The number of esters is 1. The molecule has 1 fully saturated rings. The summed E-state index contributed by atoms with van der Waals surface area (Å²) in [5.74, 6) is -0.595. The second-order valence-corrected chi connectivity index (χ2v) is 7.51. The number of nitrogens with one attached hydrogen (secondary N) is 1. The van der Waals surface area contributed by atoms with Crippen molar-refractivity contribution in [2.45, 2.75) is 49.9 Å². The molecule has 8 heteroatoms. The van der Waals surface area contributed by atoms with Crippen LogP contribution in [0.25, 0.3) is 0 Å². The van der Waals surface area contributed by atoms with Gasteiger partial charge in [-0.3, -0.25) is 0 Å². The molecule has 1 saturated heterocycles. The van der Waals surface area contributed by atoms with Crippen molar-refractivity contribution < 1.29 is 22.7 Å². The number of carbonyl (C=O) groups is 1. The number of H-pyrrole nitrogens is 1. The van der Waals surface area contributed by atoms with E-state index in [4.69, 9.17) is 20.2 Å². The van der Waals surface area contributed by atoms with Gasteiger partial charge in [-0.15, -0.1) is 0 Å². The molecular formula is C12H16ClNO5S. The summed E-state index contributed by atoms with van der Waals surface area (Å²) in [6.07, 6.45) is 2.22. The maximum atomic E-state index is 11.9. The van der Waals surface area contributed by atoms with Crippen LogP contribution in [0.1, 0.15) is 37.2 Å². The monoisotopic (exact) mass is 321 g/mol. The fourth-order valence-corrected chi connectivity index (χ4v) is 3.01. The third kappa shape index (κ3) is 3.74. The summed E-state index contributed by atoms with van der Waals surface area (Å²) < 4.78 is 33.2. The van der Waals surface area contributed by atoms with E-state index in [9.17, 15) is 13.2 Å². The minimum Gasteiger partial charge on any atom is -0.458 e. The number of carbonyl (C=O) groups excluding carboxylic acids is 1. The Kier molecular flexibility index (Phi) is 4.41. The smallest absolute Gasteiger partial charge is 0.355 e. The number of rotatable bonds is 3. The van der Waals surface area contributed by atoms with E-state index >= 15 is 0 Å². The molecule has 0 saturated carbocycles. The average Bonchev–Trinajstić information content (AvgIpc) is 2.75. The lowest BCUT2D eigenvalue weighted by molar-refractivity contribution is -0.0856. The predicted octanol–water partition coefficient (Wildman–Crippen LogP) is 2.05. The van der Waals surface area contributed by atoms with Gasteiger partial charge in [-0.25, -0.2) is 13.2 Å². The van der Waals surface area contributed by atoms with Crippen molar-refractivity contribution in [1.29, 1.82) is 0 Å². The second kappa shape index (κ2) is 5.75. The highest BCUT2D eigenvalue weighted by Gasteiger charge is 2.28. The molecule has 0 amide bonds. The van der Waals surface area contributed by atoms with Gasteiger partial charge >= 0.3 is 5.97 Å². The standard InChI is InChI=1S/C12H16ClNO5S/c1-7-3-9(4-8(2)18-7)19-12(15)11-5-10(6-14-11)20(13,16)17/h5-9,14H,3-4H2,1-2H3. The maximum Gasteiger partial charge on any atom is 0.355 e. The largest absolute Gasteiger partial charge is 0.458 e. The minimum atomic E-state index is -3.85. The van der Waals surface area contributed by atoms with Gasteiger partial charge < -0.3 is 14.5 Å². The van der Waals surface area contributed by atoms with Crippen LogP contribution < -0.4 is 0 Å². The van der Waals surface area contributed by atoms with Crippen LogP contribution in [0.4, 0.5) is 0 Å². The summed E-state index contributed by atoms with van der Waals surface area (Å²) in [5, 5.41) is 0. The summed E-state index contributed by atoms with van der Waals surface area (Å²) in [6.45, 7) is 3.84. The second-order valence-electron chi connectivity index (χ2n) is 4.94. The number of hydrogen-bond donors (Lipinski definition) is 1. The van der Waals surface area contributed by atoms with Gasteiger partial charge in [0.2, 0.25) is 0 Å². The summed E-state index contributed by atoms with van der Waals surface area (Å²) in [4.78, 5) is 14.3. The molecule has 0 aromatic carbocycles. The van der Waals surface area contributed by atoms with Gasteiger partial charge in [0.25, 0.3) is 9.05 Å². The van der Waals surface area contributed by atoms with Gasteiger partial charge in [0.15, 0.2) is 0 Å². The molecule has 6 nitrogen and oxygen atoms in total. The Bertz CT molecular complexity index is 587. The summed E-state index contributed by atoms with van der Waals surface area (Å²) >= 11 is 0. The van der Waals surface area contributed by atoms with Crippen molar-refractivity contribution in [2.75, 3.05) is 0 Å². The lowest BCUT2D eigenvalue weighted by atomic mass is 10.0. The molecule has 112 valence electrons. The van der Waals surface area contributed by atoms with Crippen LogP contribution in [0.3, 0.4) is 0 Å². The molecule has 0 spiro atoms. The lowest BCUT2D eigenvalue weighted by Gasteiger charge is -2.31. The lowest BCUT2D eigenvalue weighted by Crippen LogP contribution is -2.35. The van der Waals surface area contributed by atoms with Gasteiger partial charge in [0, 0.05) is 29.7 Å². The highest BCUT2D eigenvalue weighted by atomic mass is 35.7. The molecule has 1 aliphatic heterocycles. The molecule has 1 N–H and O–H groups in total. The van der Waals surface area contributed by atoms with Gasteiger partial charge in [-0.05, 0) is 19.9 Å². The highest BCUT2D eigenvalue weighted by Crippen LogP contribution is 2.23. The molecule has 2 rings (SSSR count). The Morgan fingerprint density at radius 3 is 2.50 bits per heavy atom. The van der Waals surface area contributed by atoms with Crippen LogP contribution in [-0.4, -0.2) is 37.7 Å². The van der Waals surface area contributed by atoms with Crippen LogP contribution in [0, 0.1) is 0 Å². The average molecular weight is 322 g/mol. The van der Waals surface area contributed by atoms with E-state index in [1.807, 2.05) is 13.8 Å². The maximum absolute atomic E-state index is 11.9. The first kappa shape index (κ1) is 15.3. The fourth-order valence-electron chi connectivity index (χ4n) is 2.29. The Morgan fingerprint density at radius 2 is 2.00 bits per heavy atom. The van der Waals surface area contributed by atoms with Crippen molar-refractivity contribution in [3.63, 3.8) is 0 Å². The van der Waals surface area contributed by atoms with Crippen LogP contribution >= 0.6 is 10.7 Å². The van der Waals surface area contributed by atoms with Crippen molar-refractivity contribution >= 4 is 25.7 Å². The van der Waals surface area contributed by atoms with E-state index in [0.717, 1.165) is 12.3 Å². The molecule has 0 radical (unpaired) electrons. The Balaban J connectivity index is 2.03. The Hall–Kier alpha value is -1.05. The zero-order chi connectivity index (χ0) is 14.9. The summed E-state index contributed by atoms with van der Waals surface area (Å²) in [7, 11) is 1.34. The zero-order valence-electron chi connectivity index (χ0n) is 11.1. The molecule has 1 aromatic rings. The molecular weight excluding hydrogens is 306 g/mol. The van der Waals surface area contributed by atoms with E-state index in [2.05, 4.69) is 4.98 Å². The highest BCUT2D eigenvalue weighted by molar-refractivity contribution is 8.13. The van der Waals surface area contributed by atoms with E-state index in [-0.39, 0.29) is 28.9 Å². The minimum absolute atomic E-state index is 0.0268. The quantitative estimate of drug-likeness (QED) is 0.680. The number of hydrogen-bond acceptors (Lipinski definition) is 5. The van der Waals surface area contributed by atoms with Crippen molar-refractivity contribution in [1.82, 2.24) is 4.98 Å². The fraction of sp³-hybridized carbons (Fsp3) is 0.583. The molecule has 1 aliphatic rings. The number of aromatic nitrogens is 1. The first-order chi connectivity index (χ1) is 9.25. The third-order valence-electron chi connectivity index (χ3n) is 3.09. The van der Waals surface area contributed by atoms with E-state index in [0.29, 0.717) is 12.8 Å². The normalized spacial score (nSPS) is 27.2. The molecule has 1 aromatic heterocycles. The molecule has 0 aliphatic carbocycles. The van der Waals surface area contributed by atoms with Crippen LogP contribution in [0.5, 0.6) is 0 Å². The number of aromatic amines is 1. The van der Waals surface area contributed by atoms with Crippen molar-refractivity contribution in [2.24, 2.45) is 0 Å². The van der Waals surface area contributed by atoms with Crippen molar-refractivity contribution in [3.8, 4) is 0 Å². The first-order valence-corrected chi connectivity index (χ1v) is 8.56. The van der Waals surface area contributed by atoms with Gasteiger partial charge in [-0.2, -0.15) is 0 Å². The van der Waals surface area contributed by atoms with Gasteiger partial charge in [0.05, 0.1) is 12.2 Å². The van der Waals surface area contributed by atoms with E-state index in [1.54, 1.807) is 0 Å². The van der Waals surface area contributed by atoms with Gasteiger partial charge in [-0.1, -0.05) is 0 Å². The summed E-state index contributed by atoms with van der Waals surface area (Å²) in [6, 6.07) is 1.16. The van der Waals surface area contributed by atoms with Crippen molar-refractivity contribution in [3.05, 3.63) is 18.0 Å². The number of halogens is 1. The molecule has 2 atom stereocenters. The topological polar surface area (TPSA) is 85.5 Å². The first-order valence-electron chi connectivity index (χ1n) is 6.25. The Morgan fingerprint density at radius 1 is 1.40 bits per heavy atom. The van der Waals surface area contributed by atoms with Crippen LogP contribution in [0.2, 0.25) is 0 Å². The summed E-state index contributed by atoms with van der Waals surface area (Å²) in [5.41, 5.74) is 0.0658.